The molecule has 4 heterocycles. The van der Waals surface area contributed by atoms with Gasteiger partial charge in [-0.3, -0.25) is 24.0 Å². The third-order valence-corrected chi connectivity index (χ3v) is 12.7. The Morgan fingerprint density at radius 1 is 0.831 bits per heavy atom. The number of phenolic OH excluding ortho intramolecular Hbond substituents is 1. The molecule has 3 aliphatic carbocycles. The zero-order valence-electron chi connectivity index (χ0n) is 33.5. The van der Waals surface area contributed by atoms with Gasteiger partial charge in [0, 0.05) is 55.2 Å². The van der Waals surface area contributed by atoms with Crippen molar-refractivity contribution in [2.45, 2.75) is 164 Å². The molecule has 0 amide bonds. The van der Waals surface area contributed by atoms with Gasteiger partial charge in [0.05, 0.1) is 47.3 Å². The number of ketones is 5. The first-order chi connectivity index (χ1) is 27.8. The standard InChI is InChI=1S/C43H50O16/c1-19-26(44)8-11-32(54-19)57-29-10-13-34(56-21(29)3)59-41(5)17-31(47)43(52)36-25(14-15-42(43,51)18-41)38(49)35-24(39(36)50)7-6-23(37(35)48)30-16-28(46)40(22(4)53-30)58-33-12-9-27(45)20(2)55-33/h6-8,11,14-15,19-22,28-30,32-34,40,46,48,51-52H,9-10,12-13,16-18H2,1-5H3/t19-,20-,21-,22+,28+,29-,30+,32-,33-,34-,40-,41+,42-,43+/m1/s1. The molecule has 1 saturated carbocycles. The van der Waals surface area contributed by atoms with E-state index in [4.69, 9.17) is 33.2 Å². The molecule has 0 aromatic heterocycles. The lowest BCUT2D eigenvalue weighted by Gasteiger charge is -2.53. The predicted octanol–water partition coefficient (Wildman–Crippen LogP) is 2.71. The Bertz CT molecular complexity index is 2040. The molecular formula is C43H50O16. The van der Waals surface area contributed by atoms with E-state index in [2.05, 4.69) is 0 Å². The summed E-state index contributed by atoms with van der Waals surface area (Å²) in [5.41, 5.74) is -8.01. The lowest BCUT2D eigenvalue weighted by molar-refractivity contribution is -0.290. The molecule has 1 aromatic carbocycles. The van der Waals surface area contributed by atoms with Gasteiger partial charge in [-0.15, -0.1) is 0 Å². The number of phenols is 1. The zero-order valence-corrected chi connectivity index (χ0v) is 33.5. The van der Waals surface area contributed by atoms with Crippen LogP contribution in [0.25, 0.3) is 0 Å². The summed E-state index contributed by atoms with van der Waals surface area (Å²) in [6, 6.07) is 2.68. The number of carbonyl (C=O) groups excluding carboxylic acids is 5. The van der Waals surface area contributed by atoms with Crippen LogP contribution in [0.5, 0.6) is 5.75 Å². The number of ether oxygens (including phenoxy) is 7. The van der Waals surface area contributed by atoms with Crippen molar-refractivity contribution in [3.05, 3.63) is 64.3 Å². The molecule has 1 aromatic rings. The molecule has 4 fully saturated rings. The molecule has 3 saturated heterocycles. The van der Waals surface area contributed by atoms with Crippen molar-refractivity contribution in [2.24, 2.45) is 0 Å². The van der Waals surface area contributed by atoms with Gasteiger partial charge in [-0.2, -0.15) is 0 Å². The number of rotatable bonds is 7. The van der Waals surface area contributed by atoms with Crippen molar-refractivity contribution in [3.8, 4) is 5.75 Å². The Morgan fingerprint density at radius 3 is 2.29 bits per heavy atom. The first-order valence-electron chi connectivity index (χ1n) is 20.2. The average molecular weight is 823 g/mol. The van der Waals surface area contributed by atoms with E-state index < -0.39 is 120 Å². The van der Waals surface area contributed by atoms with Crippen LogP contribution in [-0.4, -0.2) is 128 Å². The summed E-state index contributed by atoms with van der Waals surface area (Å²) in [4.78, 5) is 66.3. The van der Waals surface area contributed by atoms with E-state index >= 15 is 0 Å². The van der Waals surface area contributed by atoms with Gasteiger partial charge in [0.1, 0.15) is 29.7 Å². The molecule has 7 aliphatic rings. The average Bonchev–Trinajstić information content (AvgIpc) is 3.16. The van der Waals surface area contributed by atoms with Crippen LogP contribution in [0.4, 0.5) is 0 Å². The van der Waals surface area contributed by atoms with Crippen LogP contribution in [0, 0.1) is 0 Å². The van der Waals surface area contributed by atoms with E-state index in [0.717, 1.165) is 6.08 Å². The van der Waals surface area contributed by atoms with Crippen LogP contribution in [0.2, 0.25) is 0 Å². The maximum Gasteiger partial charge on any atom is 0.198 e. The highest BCUT2D eigenvalue weighted by atomic mass is 16.7. The number of carbonyl (C=O) groups is 5. The van der Waals surface area contributed by atoms with Crippen LogP contribution >= 0.6 is 0 Å². The van der Waals surface area contributed by atoms with Gasteiger partial charge in [-0.1, -0.05) is 12.1 Å². The molecule has 0 bridgehead atoms. The summed E-state index contributed by atoms with van der Waals surface area (Å²) in [6.45, 7) is 8.35. The molecule has 14 atom stereocenters. The summed E-state index contributed by atoms with van der Waals surface area (Å²) in [7, 11) is 0. The number of hydrogen-bond acceptors (Lipinski definition) is 16. The zero-order chi connectivity index (χ0) is 42.3. The van der Waals surface area contributed by atoms with Crippen molar-refractivity contribution < 1.29 is 77.6 Å². The van der Waals surface area contributed by atoms with Gasteiger partial charge in [-0.25, -0.2) is 0 Å². The number of aromatic hydroxyl groups is 1. The fourth-order valence-electron chi connectivity index (χ4n) is 9.57. The fourth-order valence-corrected chi connectivity index (χ4v) is 9.57. The van der Waals surface area contributed by atoms with E-state index in [-0.39, 0.29) is 53.1 Å². The second kappa shape index (κ2) is 15.3. The lowest BCUT2D eigenvalue weighted by atomic mass is 9.57. The molecule has 318 valence electrons. The van der Waals surface area contributed by atoms with Gasteiger partial charge >= 0.3 is 0 Å². The normalized spacial score (nSPS) is 42.4. The minimum Gasteiger partial charge on any atom is -0.507 e. The van der Waals surface area contributed by atoms with Gasteiger partial charge < -0.3 is 53.6 Å². The predicted molar refractivity (Wildman–Crippen MR) is 201 cm³/mol. The van der Waals surface area contributed by atoms with Gasteiger partial charge in [-0.05, 0) is 65.3 Å². The molecule has 0 unspecified atom stereocenters. The fraction of sp³-hybridized carbons (Fsp3) is 0.605. The Kier molecular flexibility index (Phi) is 10.8. The van der Waals surface area contributed by atoms with Crippen molar-refractivity contribution in [1.29, 1.82) is 0 Å². The van der Waals surface area contributed by atoms with Gasteiger partial charge in [0.2, 0.25) is 0 Å². The smallest absolute Gasteiger partial charge is 0.198 e. The van der Waals surface area contributed by atoms with Crippen LogP contribution in [-0.2, 0) is 47.5 Å². The van der Waals surface area contributed by atoms with E-state index in [0.29, 0.717) is 19.3 Å². The van der Waals surface area contributed by atoms with Gasteiger partial charge in [0.15, 0.2) is 53.4 Å². The van der Waals surface area contributed by atoms with E-state index in [1.165, 1.54) is 24.3 Å². The summed E-state index contributed by atoms with van der Waals surface area (Å²) in [6.07, 6.45) is -2.04. The van der Waals surface area contributed by atoms with Crippen molar-refractivity contribution in [2.75, 3.05) is 0 Å². The molecule has 59 heavy (non-hydrogen) atoms. The number of aliphatic hydroxyl groups is 3. The number of aliphatic hydroxyl groups excluding tert-OH is 1. The molecule has 4 N–H and O–H groups in total. The Labute approximate surface area is 340 Å². The van der Waals surface area contributed by atoms with Crippen molar-refractivity contribution >= 4 is 28.9 Å². The Hall–Kier alpha value is -3.81. The number of Topliss-reactive ketones (excluding diaryl/α,β-unsaturated/α-hetero) is 4. The van der Waals surface area contributed by atoms with E-state index in [1.807, 2.05) is 0 Å². The van der Waals surface area contributed by atoms with Crippen LogP contribution in [0.15, 0.2) is 47.6 Å². The number of fused-ring (bicyclic) bond motifs is 3. The summed E-state index contributed by atoms with van der Waals surface area (Å²) in [5, 5.41) is 47.0. The second-order valence-electron chi connectivity index (χ2n) is 17.1. The van der Waals surface area contributed by atoms with E-state index in [9.17, 15) is 44.4 Å². The second-order valence-corrected chi connectivity index (χ2v) is 17.1. The third-order valence-electron chi connectivity index (χ3n) is 12.7. The highest BCUT2D eigenvalue weighted by Gasteiger charge is 2.67. The summed E-state index contributed by atoms with van der Waals surface area (Å²) in [5.74, 6) is -3.46. The number of benzene rings is 1. The van der Waals surface area contributed by atoms with Crippen LogP contribution < -0.4 is 0 Å². The monoisotopic (exact) mass is 822 g/mol. The van der Waals surface area contributed by atoms with Crippen molar-refractivity contribution in [3.63, 3.8) is 0 Å². The lowest BCUT2D eigenvalue weighted by Crippen LogP contribution is -2.69. The summed E-state index contributed by atoms with van der Waals surface area (Å²) < 4.78 is 41.9. The van der Waals surface area contributed by atoms with Crippen LogP contribution in [0.1, 0.15) is 112 Å². The molecule has 4 aliphatic heterocycles. The molecule has 16 nitrogen and oxygen atoms in total. The quantitative estimate of drug-likeness (QED) is 0.310. The SMILES string of the molecule is C[C@@H]1O[C@H](c2ccc3c(c2O)C(=O)C2=C(C3=O)[C@@]3(O)C(=O)C[C@](C)(O[C@@H]4CC[C@@H](O[C@@H]5C=CC(=O)[C@@H](C)O5)[C@@H](C)O4)C[C@]3(O)C=C2)C[C@H](O)[C@@H]1O[C@@H]1CCC(=O)[C@@H](C)O1. The third kappa shape index (κ3) is 7.20. The number of hydrogen-bond donors (Lipinski definition) is 4. The Morgan fingerprint density at radius 2 is 1.59 bits per heavy atom. The molecule has 8 rings (SSSR count). The van der Waals surface area contributed by atoms with Crippen LogP contribution in [0.3, 0.4) is 0 Å². The summed E-state index contributed by atoms with van der Waals surface area (Å²) >= 11 is 0. The molecular weight excluding hydrogens is 772 g/mol. The number of allylic oxidation sites excluding steroid dienone is 2. The highest BCUT2D eigenvalue weighted by molar-refractivity contribution is 6.32. The van der Waals surface area contributed by atoms with Gasteiger partial charge in [0.25, 0.3) is 0 Å². The first-order valence-corrected chi connectivity index (χ1v) is 20.2. The maximum absolute atomic E-state index is 14.3. The molecule has 0 spiro atoms. The minimum atomic E-state index is -2.82. The van der Waals surface area contributed by atoms with E-state index in [1.54, 1.807) is 40.7 Å². The van der Waals surface area contributed by atoms with Crippen molar-refractivity contribution in [1.82, 2.24) is 0 Å². The topological polar surface area (TPSA) is 231 Å². The highest BCUT2D eigenvalue weighted by Crippen LogP contribution is 2.53. The maximum atomic E-state index is 14.3. The molecule has 0 radical (unpaired) electrons. The largest absolute Gasteiger partial charge is 0.507 e. The first kappa shape index (κ1) is 41.9. The Balaban J connectivity index is 0.965. The molecule has 16 heteroatoms. The minimum absolute atomic E-state index is 0.0357.